The Kier molecular flexibility index (Phi) is 10.3. The Morgan fingerprint density at radius 2 is 1.62 bits per heavy atom. The van der Waals surface area contributed by atoms with E-state index in [0.717, 1.165) is 43.3 Å². The number of ether oxygens (including phenoxy) is 3. The lowest BCUT2D eigenvalue weighted by Crippen LogP contribution is -2.07. The molecule has 37 heavy (non-hydrogen) atoms. The normalized spacial score (nSPS) is 11.0. The molecule has 2 aromatic carbocycles. The summed E-state index contributed by atoms with van der Waals surface area (Å²) < 4.78 is 23.5. The molecule has 0 fully saturated rings. The van der Waals surface area contributed by atoms with E-state index in [1.807, 2.05) is 12.1 Å². The summed E-state index contributed by atoms with van der Waals surface area (Å²) in [4.78, 5) is 24.0. The van der Waals surface area contributed by atoms with E-state index >= 15 is 0 Å². The van der Waals surface area contributed by atoms with Crippen LogP contribution in [0, 0.1) is 0 Å². The predicted octanol–water partition coefficient (Wildman–Crippen LogP) is 7.48. The third-order valence-corrected chi connectivity index (χ3v) is 5.99. The molecular formula is C30H37NO6. The maximum Gasteiger partial charge on any atom is 0.361 e. The lowest BCUT2D eigenvalue weighted by molar-refractivity contribution is 0.0515. The number of nitrogens with zero attached hydrogens (tertiary/aromatic N) is 1. The van der Waals surface area contributed by atoms with Gasteiger partial charge >= 0.3 is 5.97 Å². The van der Waals surface area contributed by atoms with Crippen LogP contribution in [-0.4, -0.2) is 37.2 Å². The molecule has 3 aromatic rings. The molecule has 0 amide bonds. The topological polar surface area (TPSA) is 87.9 Å². The molecule has 7 nitrogen and oxygen atoms in total. The summed E-state index contributed by atoms with van der Waals surface area (Å²) in [5, 5.41) is 4.12. The molecule has 0 saturated carbocycles. The highest BCUT2D eigenvalue weighted by atomic mass is 16.5. The first kappa shape index (κ1) is 28.0. The van der Waals surface area contributed by atoms with Crippen LogP contribution >= 0.6 is 0 Å². The fourth-order valence-corrected chi connectivity index (χ4v) is 3.91. The van der Waals surface area contributed by atoms with E-state index in [1.165, 1.54) is 0 Å². The summed E-state index contributed by atoms with van der Waals surface area (Å²) in [5.74, 6) is 1.37. The highest BCUT2D eigenvalue weighted by Crippen LogP contribution is 2.44. The Hall–Kier alpha value is -3.61. The van der Waals surface area contributed by atoms with Crippen molar-refractivity contribution in [2.24, 2.45) is 0 Å². The maximum absolute atomic E-state index is 12.8. The number of benzene rings is 2. The average Bonchev–Trinajstić information content (AvgIpc) is 3.34. The molecule has 0 unspecified atom stereocenters. The standard InChI is InChI=1S/C30H37NO6/c1-6-9-15-35-25-18-26(36-16-10-7-2)24(17-23(25)20(4)5)29-27(22-13-11-21(19-32)12-14-22)28(31-37-29)30(33)34-8-3/h11-14,17-20H,6-10,15-16H2,1-5H3. The Morgan fingerprint density at radius 1 is 0.973 bits per heavy atom. The molecule has 0 spiro atoms. The molecule has 198 valence electrons. The molecule has 1 heterocycles. The summed E-state index contributed by atoms with van der Waals surface area (Å²) in [6.45, 7) is 11.5. The minimum atomic E-state index is -0.580. The third-order valence-electron chi connectivity index (χ3n) is 5.99. The molecule has 7 heteroatoms. The van der Waals surface area contributed by atoms with Gasteiger partial charge in [-0.15, -0.1) is 0 Å². The van der Waals surface area contributed by atoms with Crippen LogP contribution in [0.15, 0.2) is 40.9 Å². The monoisotopic (exact) mass is 507 g/mol. The number of aldehydes is 1. The number of esters is 1. The molecule has 0 aliphatic heterocycles. The predicted molar refractivity (Wildman–Crippen MR) is 144 cm³/mol. The third kappa shape index (κ3) is 6.79. The molecule has 0 radical (unpaired) electrons. The minimum Gasteiger partial charge on any atom is -0.493 e. The zero-order valence-corrected chi connectivity index (χ0v) is 22.5. The van der Waals surface area contributed by atoms with Crippen molar-refractivity contribution in [3.8, 4) is 33.9 Å². The SMILES string of the molecule is CCCCOc1cc(OCCCC)c(C(C)C)cc1-c1onc(C(=O)OCC)c1-c1ccc(C=O)cc1. The number of rotatable bonds is 14. The smallest absolute Gasteiger partial charge is 0.361 e. The van der Waals surface area contributed by atoms with Gasteiger partial charge in [0.2, 0.25) is 0 Å². The van der Waals surface area contributed by atoms with E-state index in [-0.39, 0.29) is 18.2 Å². The van der Waals surface area contributed by atoms with E-state index < -0.39 is 5.97 Å². The van der Waals surface area contributed by atoms with Gasteiger partial charge in [-0.25, -0.2) is 4.79 Å². The van der Waals surface area contributed by atoms with Crippen molar-refractivity contribution >= 4 is 12.3 Å². The van der Waals surface area contributed by atoms with Gasteiger partial charge in [0, 0.05) is 11.6 Å². The van der Waals surface area contributed by atoms with Crippen LogP contribution < -0.4 is 9.47 Å². The van der Waals surface area contributed by atoms with Gasteiger partial charge in [-0.05, 0) is 42.9 Å². The second kappa shape index (κ2) is 13.6. The van der Waals surface area contributed by atoms with Gasteiger partial charge in [0.1, 0.15) is 17.8 Å². The van der Waals surface area contributed by atoms with Crippen LogP contribution in [0.1, 0.15) is 92.6 Å². The lowest BCUT2D eigenvalue weighted by atomic mass is 9.94. The Bertz CT molecular complexity index is 1180. The molecule has 0 atom stereocenters. The van der Waals surface area contributed by atoms with E-state index in [1.54, 1.807) is 31.2 Å². The van der Waals surface area contributed by atoms with E-state index in [0.29, 0.717) is 47.0 Å². The molecule has 0 N–H and O–H groups in total. The average molecular weight is 508 g/mol. The highest BCUT2D eigenvalue weighted by molar-refractivity contribution is 6.00. The summed E-state index contributed by atoms with van der Waals surface area (Å²) in [7, 11) is 0. The van der Waals surface area contributed by atoms with Crippen molar-refractivity contribution in [3.63, 3.8) is 0 Å². The second-order valence-corrected chi connectivity index (χ2v) is 9.14. The summed E-state index contributed by atoms with van der Waals surface area (Å²) in [5.41, 5.74) is 3.46. The Balaban J connectivity index is 2.23. The van der Waals surface area contributed by atoms with Gasteiger partial charge in [-0.3, -0.25) is 4.79 Å². The molecule has 0 bridgehead atoms. The van der Waals surface area contributed by atoms with Gasteiger partial charge < -0.3 is 18.7 Å². The first-order valence-electron chi connectivity index (χ1n) is 13.1. The second-order valence-electron chi connectivity index (χ2n) is 9.14. The van der Waals surface area contributed by atoms with E-state index in [4.69, 9.17) is 18.7 Å². The van der Waals surface area contributed by atoms with E-state index in [9.17, 15) is 9.59 Å². The van der Waals surface area contributed by atoms with Crippen molar-refractivity contribution in [1.29, 1.82) is 0 Å². The van der Waals surface area contributed by atoms with Gasteiger partial charge in [0.15, 0.2) is 11.5 Å². The van der Waals surface area contributed by atoms with Crippen molar-refractivity contribution < 1.29 is 28.3 Å². The molecular weight excluding hydrogens is 470 g/mol. The molecule has 0 saturated heterocycles. The fraction of sp³-hybridized carbons (Fsp3) is 0.433. The van der Waals surface area contributed by atoms with Crippen molar-refractivity contribution in [2.75, 3.05) is 19.8 Å². The molecule has 0 aliphatic carbocycles. The summed E-state index contributed by atoms with van der Waals surface area (Å²) >= 11 is 0. The first-order valence-corrected chi connectivity index (χ1v) is 13.1. The van der Waals surface area contributed by atoms with Gasteiger partial charge in [-0.1, -0.05) is 70.0 Å². The summed E-state index contributed by atoms with van der Waals surface area (Å²) in [6.07, 6.45) is 4.65. The van der Waals surface area contributed by atoms with Crippen LogP contribution in [0.4, 0.5) is 0 Å². The van der Waals surface area contributed by atoms with Gasteiger partial charge in [0.05, 0.1) is 30.9 Å². The van der Waals surface area contributed by atoms with Crippen LogP contribution in [-0.2, 0) is 4.74 Å². The number of aromatic nitrogens is 1. The van der Waals surface area contributed by atoms with Crippen LogP contribution in [0.25, 0.3) is 22.5 Å². The minimum absolute atomic E-state index is 0.0737. The fourth-order valence-electron chi connectivity index (χ4n) is 3.91. The number of carbonyl (C=O) groups is 2. The Labute approximate surface area is 219 Å². The highest BCUT2D eigenvalue weighted by Gasteiger charge is 2.28. The maximum atomic E-state index is 12.8. The lowest BCUT2D eigenvalue weighted by Gasteiger charge is -2.19. The quantitative estimate of drug-likeness (QED) is 0.127. The molecule has 3 rings (SSSR count). The van der Waals surface area contributed by atoms with Gasteiger partial charge in [0.25, 0.3) is 0 Å². The van der Waals surface area contributed by atoms with Crippen molar-refractivity contribution in [1.82, 2.24) is 5.16 Å². The zero-order chi connectivity index (χ0) is 26.8. The van der Waals surface area contributed by atoms with Crippen molar-refractivity contribution in [3.05, 3.63) is 53.2 Å². The molecule has 1 aromatic heterocycles. The Morgan fingerprint density at radius 3 is 2.19 bits per heavy atom. The number of hydrogen-bond acceptors (Lipinski definition) is 7. The number of carbonyl (C=O) groups excluding carboxylic acids is 2. The largest absolute Gasteiger partial charge is 0.493 e. The van der Waals surface area contributed by atoms with Crippen LogP contribution in [0.3, 0.4) is 0 Å². The van der Waals surface area contributed by atoms with Crippen LogP contribution in [0.2, 0.25) is 0 Å². The van der Waals surface area contributed by atoms with Crippen LogP contribution in [0.5, 0.6) is 11.5 Å². The molecule has 0 aliphatic rings. The zero-order valence-electron chi connectivity index (χ0n) is 22.5. The summed E-state index contributed by atoms with van der Waals surface area (Å²) in [6, 6.07) is 10.8. The number of hydrogen-bond donors (Lipinski definition) is 0. The van der Waals surface area contributed by atoms with Crippen molar-refractivity contribution in [2.45, 2.75) is 66.2 Å². The number of unbranched alkanes of at least 4 members (excludes halogenated alkanes) is 2. The van der Waals surface area contributed by atoms with E-state index in [2.05, 4.69) is 32.9 Å². The first-order chi connectivity index (χ1) is 17.9. The van der Waals surface area contributed by atoms with Gasteiger partial charge in [-0.2, -0.15) is 0 Å².